The molecule has 0 spiro atoms. The molecule has 47 valence electrons. The molecule has 0 aromatic carbocycles. The first kappa shape index (κ1) is 7.95. The molecule has 0 rings (SSSR count). The quantitative estimate of drug-likeness (QED) is 0.647. The number of carbonyl (C=O) groups is 1. The van der Waals surface area contributed by atoms with Gasteiger partial charge in [0.2, 0.25) is 0 Å². The maximum absolute atomic E-state index is 10.4. The molecule has 1 amide bonds. The van der Waals surface area contributed by atoms with Crippen molar-refractivity contribution in [2.24, 2.45) is 0 Å². The lowest BCUT2D eigenvalue weighted by atomic mass is 10.2. The van der Waals surface area contributed by atoms with Crippen LogP contribution in [0.2, 0.25) is 0 Å². The van der Waals surface area contributed by atoms with Crippen molar-refractivity contribution in [3.8, 4) is 0 Å². The van der Waals surface area contributed by atoms with E-state index in [9.17, 15) is 4.79 Å². The summed E-state index contributed by atoms with van der Waals surface area (Å²) in [5, 5.41) is 0. The molecule has 0 atom stereocenters. The molecule has 0 N–H and O–H groups in total. The van der Waals surface area contributed by atoms with Crippen molar-refractivity contribution in [3.63, 3.8) is 0 Å². The van der Waals surface area contributed by atoms with E-state index < -0.39 is 0 Å². The molecule has 0 heterocycles. The average molecular weight is 179 g/mol. The van der Waals surface area contributed by atoms with Crippen molar-refractivity contribution in [2.45, 2.75) is 26.2 Å². The highest BCUT2D eigenvalue weighted by Gasteiger charge is 1.96. The Morgan fingerprint density at radius 2 is 2.38 bits per heavy atom. The molecule has 0 unspecified atom stereocenters. The Bertz CT molecular complexity index is 74.8. The molecule has 0 aromatic rings. The van der Waals surface area contributed by atoms with Gasteiger partial charge >= 0.3 is 0 Å². The summed E-state index contributed by atoms with van der Waals surface area (Å²) in [5.41, 5.74) is 0. The van der Waals surface area contributed by atoms with E-state index in [1.165, 1.54) is 0 Å². The van der Waals surface area contributed by atoms with E-state index in [1.807, 2.05) is 6.92 Å². The molecule has 0 saturated heterocycles. The monoisotopic (exact) mass is 178 g/mol. The van der Waals surface area contributed by atoms with E-state index in [4.69, 9.17) is 0 Å². The highest BCUT2D eigenvalue weighted by atomic mass is 79.9. The van der Waals surface area contributed by atoms with E-state index in [1.54, 1.807) is 0 Å². The molecule has 3 heteroatoms. The molecule has 0 bridgehead atoms. The molecule has 0 saturated carbocycles. The normalized spacial score (nSPS) is 8.75. The van der Waals surface area contributed by atoms with Crippen LogP contribution < -0.4 is 4.34 Å². The van der Waals surface area contributed by atoms with Crippen LogP contribution in [0.1, 0.15) is 26.2 Å². The second-order valence-electron chi connectivity index (χ2n) is 1.58. The van der Waals surface area contributed by atoms with Crippen molar-refractivity contribution in [1.29, 1.82) is 0 Å². The van der Waals surface area contributed by atoms with Crippen LogP contribution in [-0.4, -0.2) is 5.91 Å². The van der Waals surface area contributed by atoms with Crippen molar-refractivity contribution in [3.05, 3.63) is 0 Å². The minimum Gasteiger partial charge on any atom is -0.272 e. The summed E-state index contributed by atoms with van der Waals surface area (Å²) < 4.78 is 3.30. The Morgan fingerprint density at radius 3 is 2.75 bits per heavy atom. The lowest BCUT2D eigenvalue weighted by Crippen LogP contribution is -2.03. The molecule has 0 aliphatic rings. The van der Waals surface area contributed by atoms with Gasteiger partial charge < -0.3 is 0 Å². The fourth-order valence-electron chi connectivity index (χ4n) is 0.370. The van der Waals surface area contributed by atoms with Gasteiger partial charge in [-0.2, -0.15) is 4.34 Å². The van der Waals surface area contributed by atoms with Crippen LogP contribution >= 0.6 is 16.1 Å². The van der Waals surface area contributed by atoms with Crippen molar-refractivity contribution in [1.82, 2.24) is 4.34 Å². The maximum atomic E-state index is 10.4. The van der Waals surface area contributed by atoms with E-state index in [0.29, 0.717) is 6.42 Å². The topological polar surface area (TPSA) is 31.2 Å². The third-order valence-electron chi connectivity index (χ3n) is 0.838. The van der Waals surface area contributed by atoms with Gasteiger partial charge in [0.15, 0.2) is 0 Å². The first-order chi connectivity index (χ1) is 3.81. The highest BCUT2D eigenvalue weighted by molar-refractivity contribution is 9.08. The van der Waals surface area contributed by atoms with Crippen molar-refractivity contribution < 1.29 is 4.79 Å². The Balaban J connectivity index is 2.99. The largest absolute Gasteiger partial charge is 0.272 e. The molecule has 0 fully saturated rings. The van der Waals surface area contributed by atoms with E-state index in [0.717, 1.165) is 12.8 Å². The predicted molar refractivity (Wildman–Crippen MR) is 35.6 cm³/mol. The maximum Gasteiger partial charge on any atom is 0.252 e. The second-order valence-corrected chi connectivity index (χ2v) is 1.94. The minimum atomic E-state index is -0.0631. The van der Waals surface area contributed by atoms with Gasteiger partial charge in [0.25, 0.3) is 5.91 Å². The average Bonchev–Trinajstić information content (AvgIpc) is 1.83. The first-order valence-corrected chi connectivity index (χ1v) is 3.37. The molecule has 0 aliphatic carbocycles. The molecule has 0 aromatic heterocycles. The summed E-state index contributed by atoms with van der Waals surface area (Å²) in [6.45, 7) is 2.04. The number of halogens is 1. The van der Waals surface area contributed by atoms with Crippen LogP contribution in [0, 0.1) is 0 Å². The summed E-state index contributed by atoms with van der Waals surface area (Å²) >= 11 is 2.72. The van der Waals surface area contributed by atoms with E-state index >= 15 is 0 Å². The van der Waals surface area contributed by atoms with Crippen molar-refractivity contribution >= 4 is 22.1 Å². The van der Waals surface area contributed by atoms with Gasteiger partial charge in [0.1, 0.15) is 0 Å². The van der Waals surface area contributed by atoms with Crippen LogP contribution in [0.3, 0.4) is 0 Å². The smallest absolute Gasteiger partial charge is 0.252 e. The number of rotatable bonds is 3. The van der Waals surface area contributed by atoms with Crippen LogP contribution in [0.25, 0.3) is 0 Å². The van der Waals surface area contributed by atoms with Crippen LogP contribution in [0.4, 0.5) is 0 Å². The standard InChI is InChI=1S/C5H9BrNO/c1-2-3-4-5(8)7-6/h2-4H2,1H3. The summed E-state index contributed by atoms with van der Waals surface area (Å²) in [5.74, 6) is -0.0631. The lowest BCUT2D eigenvalue weighted by molar-refractivity contribution is -0.119. The predicted octanol–water partition coefficient (Wildman–Crippen LogP) is 1.62. The van der Waals surface area contributed by atoms with Gasteiger partial charge in [0.05, 0.1) is 16.1 Å². The number of amides is 1. The fourth-order valence-corrected chi connectivity index (χ4v) is 0.548. The van der Waals surface area contributed by atoms with Gasteiger partial charge in [0, 0.05) is 6.42 Å². The number of hydrogen-bond acceptors (Lipinski definition) is 1. The second kappa shape index (κ2) is 5.09. The molecule has 1 radical (unpaired) electrons. The summed E-state index contributed by atoms with van der Waals surface area (Å²) in [7, 11) is 0. The number of nitrogens with zero attached hydrogens (tertiary/aromatic N) is 1. The van der Waals surface area contributed by atoms with Gasteiger partial charge in [-0.25, -0.2) is 0 Å². The third-order valence-corrected chi connectivity index (χ3v) is 1.23. The number of unbranched alkanes of at least 4 members (excludes halogenated alkanes) is 1. The van der Waals surface area contributed by atoms with Gasteiger partial charge in [-0.15, -0.1) is 0 Å². The third kappa shape index (κ3) is 4.12. The van der Waals surface area contributed by atoms with Gasteiger partial charge in [-0.3, -0.25) is 4.79 Å². The van der Waals surface area contributed by atoms with E-state index in [2.05, 4.69) is 20.5 Å². The van der Waals surface area contributed by atoms with Gasteiger partial charge in [-0.05, 0) is 6.42 Å². The Hall–Kier alpha value is -0.0500. The van der Waals surface area contributed by atoms with Gasteiger partial charge in [-0.1, -0.05) is 13.3 Å². The zero-order chi connectivity index (χ0) is 6.41. The highest BCUT2D eigenvalue weighted by Crippen LogP contribution is 1.94. The Morgan fingerprint density at radius 1 is 1.75 bits per heavy atom. The first-order valence-electron chi connectivity index (χ1n) is 2.66. The summed E-state index contributed by atoms with van der Waals surface area (Å²) in [6.07, 6.45) is 2.56. The fraction of sp³-hybridized carbons (Fsp3) is 0.800. The van der Waals surface area contributed by atoms with Crippen LogP contribution in [-0.2, 0) is 4.79 Å². The zero-order valence-corrected chi connectivity index (χ0v) is 6.44. The zero-order valence-electron chi connectivity index (χ0n) is 4.85. The summed E-state index contributed by atoms with van der Waals surface area (Å²) in [4.78, 5) is 10.4. The lowest BCUT2D eigenvalue weighted by Gasteiger charge is -1.89. The number of carbonyl (C=O) groups excluding carboxylic acids is 1. The number of hydrogen-bond donors (Lipinski definition) is 0. The molecule has 0 aliphatic heterocycles. The molecular weight excluding hydrogens is 170 g/mol. The SMILES string of the molecule is CCCCC(=O)[N]Br. The Kier molecular flexibility index (Phi) is 5.06. The minimum absolute atomic E-state index is 0.0631. The van der Waals surface area contributed by atoms with Crippen LogP contribution in [0.5, 0.6) is 0 Å². The van der Waals surface area contributed by atoms with E-state index in [-0.39, 0.29) is 5.91 Å². The van der Waals surface area contributed by atoms with Crippen LogP contribution in [0.15, 0.2) is 0 Å². The molecular formula is C5H9BrNO. The summed E-state index contributed by atoms with van der Waals surface area (Å²) in [6, 6.07) is 0. The molecule has 2 nitrogen and oxygen atoms in total. The molecule has 8 heavy (non-hydrogen) atoms. The Labute approximate surface area is 58.0 Å². The van der Waals surface area contributed by atoms with Crippen molar-refractivity contribution in [2.75, 3.05) is 0 Å².